The summed E-state index contributed by atoms with van der Waals surface area (Å²) in [7, 11) is 4.93. The maximum absolute atomic E-state index is 14.7. The minimum Gasteiger partial charge on any atom is -0.491 e. The third kappa shape index (κ3) is 14.0. The average Bonchev–Trinajstić information content (AvgIpc) is 3.81. The van der Waals surface area contributed by atoms with Gasteiger partial charge < -0.3 is 55.3 Å². The Morgan fingerprint density at radius 2 is 1.73 bits per heavy atom. The number of fused-ring (bicyclic) bond motifs is 7. The minimum absolute atomic E-state index is 0.00371. The molecule has 5 N–H and O–H groups in total. The molecule has 8 rings (SSSR count). The fraction of sp³-hybridized carbons (Fsp3) is 0.467. The lowest BCUT2D eigenvalue weighted by molar-refractivity contribution is -0.147. The van der Waals surface area contributed by atoms with Gasteiger partial charge in [0.15, 0.2) is 11.6 Å². The largest absolute Gasteiger partial charge is 0.491 e. The number of hydrogen-bond acceptors (Lipinski definition) is 14. The molecule has 0 saturated carbocycles. The van der Waals surface area contributed by atoms with Crippen LogP contribution in [0.4, 0.5) is 10.2 Å². The highest BCUT2D eigenvalue weighted by Gasteiger charge is 2.43. The van der Waals surface area contributed by atoms with Gasteiger partial charge in [-0.05, 0) is 104 Å². The molecule has 21 heteroatoms. The van der Waals surface area contributed by atoms with Gasteiger partial charge in [-0.15, -0.1) is 0 Å². The average molecular weight is 1110 g/mol. The first kappa shape index (κ1) is 59.2. The summed E-state index contributed by atoms with van der Waals surface area (Å²) in [5.74, 6) is -1.17. The molecule has 5 amide bonds. The molecule has 5 aromatic rings. The fourth-order valence-corrected chi connectivity index (χ4v) is 10.5. The number of nitrogens with zero attached hydrogens (tertiary/aromatic N) is 7. The van der Waals surface area contributed by atoms with E-state index in [0.717, 1.165) is 36.0 Å². The number of rotatable bonds is 19. The zero-order valence-corrected chi connectivity index (χ0v) is 47.5. The zero-order valence-electron chi connectivity index (χ0n) is 47.5. The van der Waals surface area contributed by atoms with Crippen molar-refractivity contribution in [2.24, 2.45) is 5.41 Å². The van der Waals surface area contributed by atoms with Crippen LogP contribution in [0, 0.1) is 22.6 Å². The third-order valence-electron chi connectivity index (χ3n) is 15.2. The number of aromatic nitrogens is 3. The number of nitrogen functional groups attached to an aromatic ring is 1. The monoisotopic (exact) mass is 1110 g/mol. The number of carbonyl (C=O) groups excluding carboxylic acids is 5. The number of hydrogen-bond donors (Lipinski definition) is 4. The quantitative estimate of drug-likeness (QED) is 0.0713. The van der Waals surface area contributed by atoms with Crippen molar-refractivity contribution in [3.63, 3.8) is 0 Å². The molecule has 430 valence electrons. The van der Waals surface area contributed by atoms with Crippen LogP contribution in [0.3, 0.4) is 0 Å². The molecule has 1 aliphatic carbocycles. The number of anilines is 1. The van der Waals surface area contributed by atoms with Crippen molar-refractivity contribution in [2.75, 3.05) is 66.5 Å². The van der Waals surface area contributed by atoms with Crippen LogP contribution >= 0.6 is 0 Å². The third-order valence-corrected chi connectivity index (χ3v) is 15.2. The Bertz CT molecular complexity index is 3170. The predicted molar refractivity (Wildman–Crippen MR) is 300 cm³/mol. The number of likely N-dealkylation sites (N-methyl/N-ethyl adjacent to an activating group) is 2. The number of halogens is 1. The van der Waals surface area contributed by atoms with E-state index in [-0.39, 0.29) is 125 Å². The van der Waals surface area contributed by atoms with Gasteiger partial charge in [-0.1, -0.05) is 51.1 Å². The highest BCUT2D eigenvalue weighted by molar-refractivity contribution is 5.96. The lowest BCUT2D eigenvalue weighted by Crippen LogP contribution is -2.62. The van der Waals surface area contributed by atoms with Gasteiger partial charge in [0.05, 0.1) is 63.7 Å². The van der Waals surface area contributed by atoms with E-state index in [0.29, 0.717) is 28.1 Å². The molecule has 0 spiro atoms. The SMILES string of the molecule is CN[C@H](C)C(=O)N[C@@H](C(=O)N1Cc2cc(OCCOCCOCCC(=O)N(C)CCn3nc4c(c3C#N)-c3cnc(N)c(c3)O[C@H](C)c3cc(F)ccc3C(=O)N(C)C4)ccc2C[C@@H]1C(=O)N[C@H]1CCCc2ccccc21)C(C)(C)C. The summed E-state index contributed by atoms with van der Waals surface area (Å²) in [5.41, 5.74) is 11.7. The lowest BCUT2D eigenvalue weighted by atomic mass is 9.83. The lowest BCUT2D eigenvalue weighted by Gasteiger charge is -2.41. The molecule has 20 nitrogen and oxygen atoms in total. The first-order chi connectivity index (χ1) is 38.8. The van der Waals surface area contributed by atoms with Gasteiger partial charge in [-0.25, -0.2) is 9.37 Å². The topological polar surface area (TPSA) is 249 Å². The highest BCUT2D eigenvalue weighted by atomic mass is 19.1. The smallest absolute Gasteiger partial charge is 0.254 e. The van der Waals surface area contributed by atoms with Gasteiger partial charge in [0.25, 0.3) is 5.91 Å². The van der Waals surface area contributed by atoms with E-state index in [2.05, 4.69) is 39.1 Å². The number of aryl methyl sites for hydroxylation is 1. The summed E-state index contributed by atoms with van der Waals surface area (Å²) in [4.78, 5) is 78.3. The Labute approximate surface area is 472 Å². The Kier molecular flexibility index (Phi) is 19.1. The zero-order chi connectivity index (χ0) is 58.1. The van der Waals surface area contributed by atoms with Crippen LogP contribution in [0.25, 0.3) is 11.1 Å². The Balaban J connectivity index is 0.819. The second-order valence-corrected chi connectivity index (χ2v) is 22.0. The van der Waals surface area contributed by atoms with Gasteiger partial charge in [0, 0.05) is 62.1 Å². The predicted octanol–water partition coefficient (Wildman–Crippen LogP) is 5.81. The molecule has 0 saturated heterocycles. The maximum atomic E-state index is 14.7. The van der Waals surface area contributed by atoms with Crippen molar-refractivity contribution in [3.8, 4) is 28.7 Å². The molecule has 81 heavy (non-hydrogen) atoms. The van der Waals surface area contributed by atoms with Crippen LogP contribution in [0.5, 0.6) is 11.5 Å². The van der Waals surface area contributed by atoms with Crippen LogP contribution in [-0.2, 0) is 61.1 Å². The van der Waals surface area contributed by atoms with Crippen molar-refractivity contribution < 1.29 is 47.3 Å². The standard InChI is InChI=1S/C60H74FN11O9/c1-36(64-6)56(74)67-54(60(3,4)5)59(77)71-34-41-28-43(18-16-39(41)29-49(71)57(75)66-47-15-11-13-38-12-9-10-14-44(38)47)80-27-26-79-25-24-78-23-20-52(73)69(7)21-22-72-50(32-62)53-40-30-51(55(63)65-33-40)81-37(2)46-31-42(61)17-19-45(46)58(76)70(8)35-48(53)68-72/h9-10,12,14,16-19,28,30-31,33,36-37,47,49,54,64H,11,13,15,20-27,29,34-35H2,1-8H3,(H2,63,65)(H,66,75)(H,67,74)/t36-,37-,47+,49-,54+/m1/s1. The van der Waals surface area contributed by atoms with Gasteiger partial charge in [-0.3, -0.25) is 28.7 Å². The van der Waals surface area contributed by atoms with Gasteiger partial charge in [0.2, 0.25) is 23.6 Å². The number of ether oxygens (including phenoxy) is 4. The van der Waals surface area contributed by atoms with Crippen molar-refractivity contribution in [1.29, 1.82) is 5.26 Å². The molecular formula is C60H74FN11O9. The number of nitrogens with two attached hydrogens (primary N) is 1. The second kappa shape index (κ2) is 26.1. The molecular weight excluding hydrogens is 1040 g/mol. The molecule has 3 aromatic carbocycles. The number of amides is 5. The molecule has 0 fully saturated rings. The minimum atomic E-state index is -0.910. The van der Waals surface area contributed by atoms with Gasteiger partial charge >= 0.3 is 0 Å². The van der Waals surface area contributed by atoms with Crippen molar-refractivity contribution >= 4 is 35.4 Å². The summed E-state index contributed by atoms with van der Waals surface area (Å²) in [5, 5.41) is 24.4. The van der Waals surface area contributed by atoms with E-state index in [4.69, 9.17) is 29.8 Å². The van der Waals surface area contributed by atoms with Crippen LogP contribution in [0.15, 0.2) is 72.9 Å². The first-order valence-corrected chi connectivity index (χ1v) is 27.5. The number of pyridine rings is 1. The maximum Gasteiger partial charge on any atom is 0.254 e. The van der Waals surface area contributed by atoms with Crippen LogP contribution in [0.2, 0.25) is 0 Å². The van der Waals surface area contributed by atoms with E-state index in [1.165, 1.54) is 44.4 Å². The van der Waals surface area contributed by atoms with Gasteiger partial charge in [0.1, 0.15) is 48.1 Å². The summed E-state index contributed by atoms with van der Waals surface area (Å²) < 4.78 is 39.7. The van der Waals surface area contributed by atoms with E-state index in [9.17, 15) is 33.6 Å². The number of nitrogens with one attached hydrogen (secondary N) is 3. The Morgan fingerprint density at radius 1 is 0.975 bits per heavy atom. The van der Waals surface area contributed by atoms with Crippen molar-refractivity contribution in [3.05, 3.63) is 124 Å². The summed E-state index contributed by atoms with van der Waals surface area (Å²) in [6, 6.07) is 19.2. The van der Waals surface area contributed by atoms with Crippen LogP contribution < -0.4 is 31.2 Å². The summed E-state index contributed by atoms with van der Waals surface area (Å²) in [6.07, 6.45) is 3.79. The Hall–Kier alpha value is -7.93. The molecule has 3 aliphatic rings. The molecule has 0 radical (unpaired) electrons. The molecule has 4 heterocycles. The summed E-state index contributed by atoms with van der Waals surface area (Å²) >= 11 is 0. The van der Waals surface area contributed by atoms with Gasteiger partial charge in [-0.2, -0.15) is 10.4 Å². The number of nitriles is 1. The fourth-order valence-electron chi connectivity index (χ4n) is 10.5. The van der Waals surface area contributed by atoms with Crippen LogP contribution in [-0.4, -0.2) is 138 Å². The van der Waals surface area contributed by atoms with Crippen molar-refractivity contribution in [2.45, 2.75) is 117 Å². The number of carbonyl (C=O) groups is 5. The normalized spacial score (nSPS) is 17.5. The van der Waals surface area contributed by atoms with E-state index in [1.807, 2.05) is 51.1 Å². The molecule has 5 atom stereocenters. The van der Waals surface area contributed by atoms with Crippen molar-refractivity contribution in [1.82, 2.24) is 45.4 Å². The second-order valence-electron chi connectivity index (χ2n) is 22.0. The first-order valence-electron chi connectivity index (χ1n) is 27.5. The molecule has 0 unspecified atom stereocenters. The van der Waals surface area contributed by atoms with E-state index in [1.54, 1.807) is 46.0 Å². The summed E-state index contributed by atoms with van der Waals surface area (Å²) in [6.45, 7) is 10.7. The van der Waals surface area contributed by atoms with E-state index >= 15 is 0 Å². The van der Waals surface area contributed by atoms with E-state index < -0.39 is 41.4 Å². The number of benzene rings is 3. The Morgan fingerprint density at radius 3 is 2.48 bits per heavy atom. The highest BCUT2D eigenvalue weighted by Crippen LogP contribution is 2.37. The molecule has 2 aromatic heterocycles. The molecule has 2 bridgehead atoms. The molecule has 2 aliphatic heterocycles. The van der Waals surface area contributed by atoms with Crippen LogP contribution in [0.1, 0.15) is 116 Å².